The number of esters is 1. The van der Waals surface area contributed by atoms with Gasteiger partial charge in [-0.05, 0) is 57.2 Å². The van der Waals surface area contributed by atoms with E-state index in [4.69, 9.17) is 14.5 Å². The summed E-state index contributed by atoms with van der Waals surface area (Å²) in [6, 6.07) is 6.87. The maximum atomic E-state index is 14.0. The minimum atomic E-state index is -0.239. The second-order valence-corrected chi connectivity index (χ2v) is 8.11. The molecule has 7 heteroatoms. The molecule has 0 aromatic heterocycles. The Morgan fingerprint density at radius 1 is 1.37 bits per heavy atom. The number of hydrogen-bond acceptors (Lipinski definition) is 4. The second kappa shape index (κ2) is 10.8. The van der Waals surface area contributed by atoms with Crippen LogP contribution in [0.2, 0.25) is 0 Å². The molecule has 0 amide bonds. The normalized spacial score (nSPS) is 21.9. The molecule has 166 valence electrons. The van der Waals surface area contributed by atoms with Crippen molar-refractivity contribution >= 4 is 11.9 Å². The fourth-order valence-electron chi connectivity index (χ4n) is 4.39. The number of hydrogen-bond donors (Lipinski definition) is 1. The highest BCUT2D eigenvalue weighted by Crippen LogP contribution is 2.35. The molecular formula is C23H34FN3O3. The number of benzene rings is 1. The van der Waals surface area contributed by atoms with E-state index in [2.05, 4.69) is 10.2 Å². The Bertz CT molecular complexity index is 734. The average molecular weight is 420 g/mol. The van der Waals surface area contributed by atoms with Gasteiger partial charge in [-0.15, -0.1) is 0 Å². The number of aliphatic imine (C=N–C) groups is 1. The van der Waals surface area contributed by atoms with Gasteiger partial charge in [0.15, 0.2) is 5.96 Å². The molecule has 0 spiro atoms. The third kappa shape index (κ3) is 5.50. The maximum Gasteiger partial charge on any atom is 0.310 e. The first-order chi connectivity index (χ1) is 14.6. The van der Waals surface area contributed by atoms with Crippen molar-refractivity contribution < 1.29 is 18.7 Å². The highest BCUT2D eigenvalue weighted by molar-refractivity contribution is 5.81. The molecular weight excluding hydrogens is 385 g/mol. The smallest absolute Gasteiger partial charge is 0.310 e. The molecule has 2 heterocycles. The van der Waals surface area contributed by atoms with Gasteiger partial charge in [-0.3, -0.25) is 9.79 Å². The molecule has 1 atom stereocenters. The summed E-state index contributed by atoms with van der Waals surface area (Å²) in [5.74, 6) is 0.345. The van der Waals surface area contributed by atoms with Crippen molar-refractivity contribution in [2.45, 2.75) is 44.9 Å². The van der Waals surface area contributed by atoms with Gasteiger partial charge in [-0.2, -0.15) is 0 Å². The van der Waals surface area contributed by atoms with Crippen LogP contribution in [0.1, 0.15) is 45.1 Å². The monoisotopic (exact) mass is 419 g/mol. The van der Waals surface area contributed by atoms with E-state index in [1.807, 2.05) is 19.9 Å². The van der Waals surface area contributed by atoms with Crippen LogP contribution in [0.3, 0.4) is 0 Å². The molecule has 1 aromatic rings. The standard InChI is InChI=1S/C23H34FN3O3/c1-3-25-22(27-12-6-7-18(16-27)21(28)30-4-2)26-17-23(10-13-29-14-11-23)19-8-5-9-20(24)15-19/h5,8-9,15,18H,3-4,6-7,10-14,16-17H2,1-2H3,(H,25,26). The molecule has 1 aromatic carbocycles. The Balaban J connectivity index is 1.80. The van der Waals surface area contributed by atoms with Crippen LogP contribution in [0.15, 0.2) is 29.3 Å². The average Bonchev–Trinajstić information content (AvgIpc) is 2.77. The van der Waals surface area contributed by atoms with Crippen molar-refractivity contribution in [3.8, 4) is 0 Å². The molecule has 0 bridgehead atoms. The van der Waals surface area contributed by atoms with Crippen molar-refractivity contribution in [1.82, 2.24) is 10.2 Å². The number of piperidine rings is 1. The van der Waals surface area contributed by atoms with Gasteiger partial charge in [-0.25, -0.2) is 4.39 Å². The maximum absolute atomic E-state index is 14.0. The van der Waals surface area contributed by atoms with Gasteiger partial charge in [0, 0.05) is 38.3 Å². The number of carbonyl (C=O) groups excluding carboxylic acids is 1. The highest BCUT2D eigenvalue weighted by Gasteiger charge is 2.35. The van der Waals surface area contributed by atoms with Gasteiger partial charge >= 0.3 is 5.97 Å². The molecule has 2 aliphatic heterocycles. The van der Waals surface area contributed by atoms with Gasteiger partial charge in [0.25, 0.3) is 0 Å². The lowest BCUT2D eigenvalue weighted by atomic mass is 9.74. The lowest BCUT2D eigenvalue weighted by molar-refractivity contribution is -0.149. The Hall–Kier alpha value is -2.15. The molecule has 6 nitrogen and oxygen atoms in total. The van der Waals surface area contributed by atoms with E-state index in [-0.39, 0.29) is 23.1 Å². The van der Waals surface area contributed by atoms with Crippen LogP contribution in [-0.2, 0) is 19.7 Å². The number of rotatable bonds is 6. The summed E-state index contributed by atoms with van der Waals surface area (Å²) in [5.41, 5.74) is 0.741. The van der Waals surface area contributed by atoms with E-state index >= 15 is 0 Å². The van der Waals surface area contributed by atoms with E-state index in [9.17, 15) is 9.18 Å². The number of likely N-dealkylation sites (tertiary alicyclic amines) is 1. The van der Waals surface area contributed by atoms with Crippen LogP contribution >= 0.6 is 0 Å². The molecule has 2 saturated heterocycles. The van der Waals surface area contributed by atoms with Crippen LogP contribution in [0, 0.1) is 11.7 Å². The van der Waals surface area contributed by atoms with E-state index in [0.717, 1.165) is 50.3 Å². The summed E-state index contributed by atoms with van der Waals surface area (Å²) in [4.78, 5) is 19.4. The number of halogens is 1. The van der Waals surface area contributed by atoms with Crippen LogP contribution in [0.5, 0.6) is 0 Å². The molecule has 30 heavy (non-hydrogen) atoms. The molecule has 1 N–H and O–H groups in total. The van der Waals surface area contributed by atoms with Gasteiger partial charge < -0.3 is 19.7 Å². The minimum Gasteiger partial charge on any atom is -0.466 e. The predicted molar refractivity (Wildman–Crippen MR) is 115 cm³/mol. The zero-order valence-electron chi connectivity index (χ0n) is 18.2. The Kier molecular flexibility index (Phi) is 8.08. The molecule has 0 saturated carbocycles. The molecule has 0 aliphatic carbocycles. The van der Waals surface area contributed by atoms with E-state index in [0.29, 0.717) is 32.9 Å². The quantitative estimate of drug-likeness (QED) is 0.436. The van der Waals surface area contributed by atoms with Crippen LogP contribution in [0.4, 0.5) is 4.39 Å². The van der Waals surface area contributed by atoms with Crippen molar-refractivity contribution in [3.05, 3.63) is 35.6 Å². The van der Waals surface area contributed by atoms with E-state index < -0.39 is 0 Å². The predicted octanol–water partition coefficient (Wildman–Crippen LogP) is 3.11. The number of nitrogens with zero attached hydrogens (tertiary/aromatic N) is 2. The number of ether oxygens (including phenoxy) is 2. The van der Waals surface area contributed by atoms with E-state index in [1.54, 1.807) is 12.1 Å². The summed E-state index contributed by atoms with van der Waals surface area (Å²) in [5, 5.41) is 3.38. The largest absolute Gasteiger partial charge is 0.466 e. The fraction of sp³-hybridized carbons (Fsp3) is 0.652. The summed E-state index contributed by atoms with van der Waals surface area (Å²) in [7, 11) is 0. The lowest BCUT2D eigenvalue weighted by Gasteiger charge is -2.38. The van der Waals surface area contributed by atoms with E-state index in [1.165, 1.54) is 6.07 Å². The molecule has 2 fully saturated rings. The third-order valence-corrected chi connectivity index (χ3v) is 6.09. The van der Waals surface area contributed by atoms with Gasteiger partial charge in [0.2, 0.25) is 0 Å². The van der Waals surface area contributed by atoms with Gasteiger partial charge in [0.05, 0.1) is 19.1 Å². The van der Waals surface area contributed by atoms with Gasteiger partial charge in [0.1, 0.15) is 5.82 Å². The first-order valence-corrected chi connectivity index (χ1v) is 11.1. The zero-order valence-corrected chi connectivity index (χ0v) is 18.2. The summed E-state index contributed by atoms with van der Waals surface area (Å²) in [6.07, 6.45) is 3.39. The second-order valence-electron chi connectivity index (χ2n) is 8.11. The van der Waals surface area contributed by atoms with Gasteiger partial charge in [-0.1, -0.05) is 12.1 Å². The Morgan fingerprint density at radius 3 is 2.87 bits per heavy atom. The molecule has 1 unspecified atom stereocenters. The minimum absolute atomic E-state index is 0.122. The Morgan fingerprint density at radius 2 is 2.17 bits per heavy atom. The number of carbonyl (C=O) groups is 1. The summed E-state index contributed by atoms with van der Waals surface area (Å²) < 4.78 is 24.8. The van der Waals surface area contributed by atoms with Crippen molar-refractivity contribution in [2.24, 2.45) is 10.9 Å². The van der Waals surface area contributed by atoms with Crippen molar-refractivity contribution in [3.63, 3.8) is 0 Å². The lowest BCUT2D eigenvalue weighted by Crippen LogP contribution is -2.49. The third-order valence-electron chi connectivity index (χ3n) is 6.09. The zero-order chi connectivity index (χ0) is 21.4. The number of nitrogens with one attached hydrogen (secondary N) is 1. The molecule has 3 rings (SSSR count). The van der Waals surface area contributed by atoms with Crippen LogP contribution < -0.4 is 5.32 Å². The number of guanidine groups is 1. The fourth-order valence-corrected chi connectivity index (χ4v) is 4.39. The first kappa shape index (κ1) is 22.5. The Labute approximate surface area is 178 Å². The summed E-state index contributed by atoms with van der Waals surface area (Å²) in [6.45, 7) is 8.36. The van der Waals surface area contributed by atoms with Crippen molar-refractivity contribution in [2.75, 3.05) is 46.0 Å². The molecule has 0 radical (unpaired) electrons. The van der Waals surface area contributed by atoms with Crippen LogP contribution in [0.25, 0.3) is 0 Å². The van der Waals surface area contributed by atoms with Crippen molar-refractivity contribution in [1.29, 1.82) is 0 Å². The topological polar surface area (TPSA) is 63.2 Å². The molecule has 2 aliphatic rings. The first-order valence-electron chi connectivity index (χ1n) is 11.1. The van der Waals surface area contributed by atoms with Crippen LogP contribution in [-0.4, -0.2) is 62.8 Å². The summed E-state index contributed by atoms with van der Waals surface area (Å²) >= 11 is 0. The SMILES string of the molecule is CCNC(=NCC1(c2cccc(F)c2)CCOCC1)N1CCCC(C(=O)OCC)C1. The highest BCUT2D eigenvalue weighted by atomic mass is 19.1.